The van der Waals surface area contributed by atoms with Crippen molar-refractivity contribution >= 4 is 29.2 Å². The monoisotopic (exact) mass is 304 g/mol. The number of amides is 1. The summed E-state index contributed by atoms with van der Waals surface area (Å²) in [5, 5.41) is 0.228. The Labute approximate surface area is 126 Å². The minimum Gasteiger partial charge on any atom is -0.457 e. The Morgan fingerprint density at radius 3 is 2.52 bits per heavy atom. The lowest BCUT2D eigenvalue weighted by Crippen LogP contribution is -2.12. The number of carbonyl (C=O) groups is 2. The van der Waals surface area contributed by atoms with Crippen LogP contribution in [-0.4, -0.2) is 11.9 Å². The Bertz CT molecular complexity index is 681. The summed E-state index contributed by atoms with van der Waals surface area (Å²) in [4.78, 5) is 23.1. The predicted octanol–water partition coefficient (Wildman–Crippen LogP) is 2.38. The lowest BCUT2D eigenvalue weighted by Gasteiger charge is -2.09. The summed E-state index contributed by atoms with van der Waals surface area (Å²) in [6.45, 7) is -0.00931. The molecule has 5 nitrogen and oxygen atoms in total. The van der Waals surface area contributed by atoms with E-state index in [0.29, 0.717) is 11.1 Å². The Morgan fingerprint density at radius 2 is 1.86 bits per heavy atom. The minimum absolute atomic E-state index is 0.00931. The molecule has 0 aliphatic rings. The number of hydrogen-bond donors (Lipinski definition) is 2. The number of carbonyl (C=O) groups excluding carboxylic acids is 2. The van der Waals surface area contributed by atoms with Gasteiger partial charge in [-0.3, -0.25) is 4.79 Å². The van der Waals surface area contributed by atoms with Crippen LogP contribution in [0.3, 0.4) is 0 Å². The zero-order chi connectivity index (χ0) is 15.4. The molecule has 0 saturated heterocycles. The van der Waals surface area contributed by atoms with Gasteiger partial charge in [0.15, 0.2) is 0 Å². The van der Waals surface area contributed by atoms with Crippen LogP contribution in [0.4, 0.5) is 5.69 Å². The third kappa shape index (κ3) is 3.52. The molecule has 108 valence electrons. The zero-order valence-corrected chi connectivity index (χ0v) is 11.8. The topological polar surface area (TPSA) is 95.4 Å². The third-order valence-electron chi connectivity index (χ3n) is 2.83. The molecule has 2 aromatic carbocycles. The van der Waals surface area contributed by atoms with Crippen molar-refractivity contribution in [2.24, 2.45) is 5.73 Å². The van der Waals surface area contributed by atoms with Gasteiger partial charge in [0.05, 0.1) is 5.02 Å². The average molecular weight is 305 g/mol. The molecular weight excluding hydrogens is 292 g/mol. The summed E-state index contributed by atoms with van der Waals surface area (Å²) in [6.07, 6.45) is 0. The van der Waals surface area contributed by atoms with E-state index < -0.39 is 11.9 Å². The van der Waals surface area contributed by atoms with Crippen LogP contribution < -0.4 is 11.5 Å². The Balaban J connectivity index is 2.11. The molecule has 0 aliphatic carbocycles. The molecule has 0 aliphatic heterocycles. The second-order valence-electron chi connectivity index (χ2n) is 4.34. The molecule has 2 rings (SSSR count). The van der Waals surface area contributed by atoms with Crippen molar-refractivity contribution in [3.05, 3.63) is 64.2 Å². The molecule has 0 saturated carbocycles. The van der Waals surface area contributed by atoms with E-state index in [1.165, 1.54) is 0 Å². The van der Waals surface area contributed by atoms with Crippen molar-refractivity contribution in [1.29, 1.82) is 0 Å². The molecule has 21 heavy (non-hydrogen) atoms. The summed E-state index contributed by atoms with van der Waals surface area (Å²) >= 11 is 5.93. The first-order valence-electron chi connectivity index (χ1n) is 6.09. The number of nitrogen functional groups attached to an aromatic ring is 1. The highest BCUT2D eigenvalue weighted by molar-refractivity contribution is 6.34. The van der Waals surface area contributed by atoms with Crippen LogP contribution in [0.15, 0.2) is 42.5 Å². The van der Waals surface area contributed by atoms with Crippen LogP contribution in [-0.2, 0) is 11.3 Å². The number of benzene rings is 2. The van der Waals surface area contributed by atoms with Gasteiger partial charge in [0.1, 0.15) is 12.2 Å². The summed E-state index contributed by atoms with van der Waals surface area (Å²) in [7, 11) is 0. The number of hydrogen-bond acceptors (Lipinski definition) is 4. The van der Waals surface area contributed by atoms with Crippen molar-refractivity contribution in [2.75, 3.05) is 5.73 Å². The quantitative estimate of drug-likeness (QED) is 0.669. The van der Waals surface area contributed by atoms with Gasteiger partial charge in [0.25, 0.3) is 0 Å². The van der Waals surface area contributed by atoms with E-state index in [4.69, 9.17) is 27.8 Å². The number of anilines is 1. The minimum atomic E-state index is -0.623. The number of rotatable bonds is 4. The second-order valence-corrected chi connectivity index (χ2v) is 4.75. The fraction of sp³-hybridized carbons (Fsp3) is 0.0667. The van der Waals surface area contributed by atoms with Crippen LogP contribution in [0.25, 0.3) is 0 Å². The van der Waals surface area contributed by atoms with Crippen LogP contribution in [0.2, 0.25) is 5.02 Å². The third-order valence-corrected chi connectivity index (χ3v) is 3.15. The van der Waals surface area contributed by atoms with Gasteiger partial charge >= 0.3 is 5.97 Å². The molecule has 0 aromatic heterocycles. The first-order chi connectivity index (χ1) is 9.99. The molecule has 0 fully saturated rings. The first kappa shape index (κ1) is 14.9. The first-order valence-corrected chi connectivity index (χ1v) is 6.46. The highest BCUT2D eigenvalue weighted by Crippen LogP contribution is 2.23. The maximum absolute atomic E-state index is 12.0. The highest BCUT2D eigenvalue weighted by atomic mass is 35.5. The van der Waals surface area contributed by atoms with Crippen LogP contribution in [0.1, 0.15) is 26.3 Å². The smallest absolute Gasteiger partial charge is 0.342 e. The largest absolute Gasteiger partial charge is 0.457 e. The molecule has 2 aromatic rings. The lowest BCUT2D eigenvalue weighted by atomic mass is 10.1. The predicted molar refractivity (Wildman–Crippen MR) is 79.9 cm³/mol. The summed E-state index contributed by atoms with van der Waals surface area (Å²) < 4.78 is 5.16. The van der Waals surface area contributed by atoms with Crippen LogP contribution >= 0.6 is 11.6 Å². The van der Waals surface area contributed by atoms with E-state index in [-0.39, 0.29) is 22.9 Å². The SMILES string of the molecule is NC(=O)c1cccc(COC(=O)c2c(N)cccc2Cl)c1. The zero-order valence-electron chi connectivity index (χ0n) is 11.0. The van der Waals surface area contributed by atoms with Gasteiger partial charge in [-0.15, -0.1) is 0 Å². The maximum Gasteiger partial charge on any atom is 0.342 e. The number of nitrogens with two attached hydrogens (primary N) is 2. The molecule has 1 amide bonds. The Morgan fingerprint density at radius 1 is 1.14 bits per heavy atom. The molecule has 0 spiro atoms. The fourth-order valence-electron chi connectivity index (χ4n) is 1.79. The number of ether oxygens (including phenoxy) is 1. The van der Waals surface area contributed by atoms with Crippen molar-refractivity contribution in [1.82, 2.24) is 0 Å². The van der Waals surface area contributed by atoms with Crippen LogP contribution in [0.5, 0.6) is 0 Å². The fourth-order valence-corrected chi connectivity index (χ4v) is 2.05. The molecule has 4 N–H and O–H groups in total. The van der Waals surface area contributed by atoms with Gasteiger partial charge in [0.2, 0.25) is 5.91 Å². The molecule has 0 radical (unpaired) electrons. The molecule has 0 bridgehead atoms. The number of primary amides is 1. The van der Waals surface area contributed by atoms with E-state index >= 15 is 0 Å². The Hall–Kier alpha value is -2.53. The molecule has 0 heterocycles. The summed E-state index contributed by atoms with van der Waals surface area (Å²) in [5.74, 6) is -1.17. The van der Waals surface area contributed by atoms with Gasteiger partial charge in [-0.1, -0.05) is 29.8 Å². The standard InChI is InChI=1S/C15H13ClN2O3/c16-11-5-2-6-12(17)13(11)15(20)21-8-9-3-1-4-10(7-9)14(18)19/h1-7H,8,17H2,(H2,18,19). The molecule has 0 atom stereocenters. The van der Waals surface area contributed by atoms with Gasteiger partial charge in [0, 0.05) is 11.3 Å². The van der Waals surface area contributed by atoms with E-state index in [9.17, 15) is 9.59 Å². The van der Waals surface area contributed by atoms with Gasteiger partial charge in [-0.25, -0.2) is 4.79 Å². The van der Waals surface area contributed by atoms with Crippen molar-refractivity contribution in [3.63, 3.8) is 0 Å². The number of esters is 1. The van der Waals surface area contributed by atoms with E-state index in [1.54, 1.807) is 42.5 Å². The van der Waals surface area contributed by atoms with E-state index in [2.05, 4.69) is 0 Å². The van der Waals surface area contributed by atoms with Gasteiger partial charge in [-0.05, 0) is 29.8 Å². The van der Waals surface area contributed by atoms with Gasteiger partial charge < -0.3 is 16.2 Å². The maximum atomic E-state index is 12.0. The summed E-state index contributed by atoms with van der Waals surface area (Å²) in [6, 6.07) is 11.3. The lowest BCUT2D eigenvalue weighted by molar-refractivity contribution is 0.0474. The van der Waals surface area contributed by atoms with Crippen molar-refractivity contribution < 1.29 is 14.3 Å². The average Bonchev–Trinajstić information content (AvgIpc) is 2.45. The van der Waals surface area contributed by atoms with E-state index in [1.807, 2.05) is 0 Å². The Kier molecular flexibility index (Phi) is 4.45. The molecule has 0 unspecified atom stereocenters. The van der Waals surface area contributed by atoms with Crippen molar-refractivity contribution in [2.45, 2.75) is 6.61 Å². The van der Waals surface area contributed by atoms with Crippen molar-refractivity contribution in [3.8, 4) is 0 Å². The highest BCUT2D eigenvalue weighted by Gasteiger charge is 2.15. The van der Waals surface area contributed by atoms with Gasteiger partial charge in [-0.2, -0.15) is 0 Å². The number of halogens is 1. The molecule has 6 heteroatoms. The normalized spacial score (nSPS) is 10.1. The second kappa shape index (κ2) is 6.28. The van der Waals surface area contributed by atoms with Crippen LogP contribution in [0, 0.1) is 0 Å². The summed E-state index contributed by atoms with van der Waals surface area (Å²) in [5.41, 5.74) is 12.3. The van der Waals surface area contributed by atoms with E-state index in [0.717, 1.165) is 0 Å². The molecular formula is C15H13ClN2O3.